The van der Waals surface area contributed by atoms with Crippen molar-refractivity contribution in [2.45, 2.75) is 25.4 Å². The first-order valence-corrected chi connectivity index (χ1v) is 14.7. The molecule has 0 bridgehead atoms. The molecule has 43 heavy (non-hydrogen) atoms. The van der Waals surface area contributed by atoms with Gasteiger partial charge in [0.15, 0.2) is 0 Å². The Morgan fingerprint density at radius 2 is 1.49 bits per heavy atom. The fourth-order valence-electron chi connectivity index (χ4n) is 7.24. The largest absolute Gasteiger partial charge is 0.457 e. The monoisotopic (exact) mass is 556 g/mol. The standard InChI is InChI=1S/C39H28N2O2/c1-39(2)32-14-5-3-11-26(32)30-21-31-27-13-8-18-40-38(27)41(34(31)22-33(30)39)25-10-7-9-23(19-25)24-16-17-29-36(20-24)43-35-15-6-4-12-28(35)37(29)42/h3-22,37,42H,1-2H3. The van der Waals surface area contributed by atoms with Crippen LogP contribution in [0.15, 0.2) is 121 Å². The number of hydrogen-bond donors (Lipinski definition) is 1. The van der Waals surface area contributed by atoms with Crippen LogP contribution in [0.4, 0.5) is 0 Å². The number of hydrogen-bond acceptors (Lipinski definition) is 3. The molecule has 1 aliphatic heterocycles. The summed E-state index contributed by atoms with van der Waals surface area (Å²) >= 11 is 0. The van der Waals surface area contributed by atoms with Gasteiger partial charge in [0.25, 0.3) is 0 Å². The van der Waals surface area contributed by atoms with Gasteiger partial charge in [0.05, 0.1) is 5.52 Å². The van der Waals surface area contributed by atoms with E-state index in [1.54, 1.807) is 0 Å². The Bertz CT molecular complexity index is 2280. The average molecular weight is 557 g/mol. The topological polar surface area (TPSA) is 47.3 Å². The molecule has 9 rings (SSSR count). The Balaban J connectivity index is 1.22. The zero-order valence-corrected chi connectivity index (χ0v) is 23.9. The first-order valence-electron chi connectivity index (χ1n) is 14.7. The number of para-hydroxylation sites is 1. The number of pyridine rings is 1. The lowest BCUT2D eigenvalue weighted by molar-refractivity contribution is 0.203. The molecule has 0 spiro atoms. The van der Waals surface area contributed by atoms with E-state index in [1.165, 1.54) is 27.6 Å². The van der Waals surface area contributed by atoms with E-state index in [-0.39, 0.29) is 5.41 Å². The minimum Gasteiger partial charge on any atom is -0.457 e. The van der Waals surface area contributed by atoms with Crippen LogP contribution in [0.2, 0.25) is 0 Å². The summed E-state index contributed by atoms with van der Waals surface area (Å²) in [5.41, 5.74) is 12.1. The summed E-state index contributed by atoms with van der Waals surface area (Å²) in [6.07, 6.45) is 1.17. The molecule has 206 valence electrons. The van der Waals surface area contributed by atoms with Gasteiger partial charge in [-0.3, -0.25) is 4.57 Å². The van der Waals surface area contributed by atoms with Crippen LogP contribution in [0.5, 0.6) is 11.5 Å². The summed E-state index contributed by atoms with van der Waals surface area (Å²) in [4.78, 5) is 4.88. The van der Waals surface area contributed by atoms with E-state index in [2.05, 4.69) is 91.2 Å². The van der Waals surface area contributed by atoms with Gasteiger partial charge in [0.1, 0.15) is 23.3 Å². The molecule has 1 atom stereocenters. The van der Waals surface area contributed by atoms with Gasteiger partial charge in [-0.05, 0) is 81.9 Å². The molecule has 3 heterocycles. The number of ether oxygens (including phenoxy) is 1. The first kappa shape index (κ1) is 24.4. The maximum absolute atomic E-state index is 11.0. The van der Waals surface area contributed by atoms with Gasteiger partial charge in [-0.1, -0.05) is 80.6 Å². The molecular weight excluding hydrogens is 528 g/mol. The number of nitrogens with zero attached hydrogens (tertiary/aromatic N) is 2. The van der Waals surface area contributed by atoms with Crippen LogP contribution in [0.3, 0.4) is 0 Å². The number of rotatable bonds is 2. The Morgan fingerprint density at radius 1 is 0.674 bits per heavy atom. The van der Waals surface area contributed by atoms with Crippen molar-refractivity contribution in [3.8, 4) is 39.4 Å². The van der Waals surface area contributed by atoms with Crippen molar-refractivity contribution in [2.75, 3.05) is 0 Å². The Labute approximate surface area is 249 Å². The van der Waals surface area contributed by atoms with E-state index in [0.29, 0.717) is 11.5 Å². The number of aliphatic hydroxyl groups is 1. The van der Waals surface area contributed by atoms with Gasteiger partial charge in [0.2, 0.25) is 0 Å². The molecule has 0 amide bonds. The van der Waals surface area contributed by atoms with Crippen LogP contribution < -0.4 is 4.74 Å². The predicted molar refractivity (Wildman–Crippen MR) is 172 cm³/mol. The zero-order valence-electron chi connectivity index (χ0n) is 23.9. The molecule has 1 aliphatic carbocycles. The molecule has 2 aliphatic rings. The van der Waals surface area contributed by atoms with E-state index in [0.717, 1.165) is 44.5 Å². The van der Waals surface area contributed by atoms with Gasteiger partial charge in [0, 0.05) is 39.2 Å². The van der Waals surface area contributed by atoms with Gasteiger partial charge in [-0.2, -0.15) is 0 Å². The van der Waals surface area contributed by atoms with Crippen molar-refractivity contribution < 1.29 is 9.84 Å². The predicted octanol–water partition coefficient (Wildman–Crippen LogP) is 9.34. The van der Waals surface area contributed by atoms with Crippen molar-refractivity contribution in [1.29, 1.82) is 0 Å². The molecule has 5 aromatic carbocycles. The molecule has 2 aromatic heterocycles. The van der Waals surface area contributed by atoms with E-state index in [1.807, 2.05) is 48.7 Å². The Hall–Kier alpha value is -5.19. The lowest BCUT2D eigenvalue weighted by atomic mass is 9.82. The number of benzene rings is 5. The Morgan fingerprint density at radius 3 is 2.42 bits per heavy atom. The molecule has 1 N–H and O–H groups in total. The summed E-state index contributed by atoms with van der Waals surface area (Å²) in [6.45, 7) is 4.64. The van der Waals surface area contributed by atoms with Crippen molar-refractivity contribution in [3.05, 3.63) is 144 Å². The smallest absolute Gasteiger partial charge is 0.145 e. The van der Waals surface area contributed by atoms with Gasteiger partial charge < -0.3 is 9.84 Å². The maximum Gasteiger partial charge on any atom is 0.145 e. The fraction of sp³-hybridized carbons (Fsp3) is 0.103. The number of aromatic nitrogens is 2. The molecule has 0 radical (unpaired) electrons. The van der Waals surface area contributed by atoms with Crippen molar-refractivity contribution in [2.24, 2.45) is 0 Å². The third-order valence-corrected chi connectivity index (χ3v) is 9.41. The summed E-state index contributed by atoms with van der Waals surface area (Å²) in [7, 11) is 0. The highest BCUT2D eigenvalue weighted by atomic mass is 16.5. The molecular formula is C39H28N2O2. The summed E-state index contributed by atoms with van der Waals surface area (Å²) < 4.78 is 8.54. The zero-order chi connectivity index (χ0) is 28.9. The van der Waals surface area contributed by atoms with E-state index in [9.17, 15) is 5.11 Å². The SMILES string of the molecule is CC1(C)c2ccccc2-c2cc3c4cccnc4n(-c4cccc(-c5ccc6c(c5)Oc5ccccc5C6O)c4)c3cc21. The van der Waals surface area contributed by atoms with Crippen molar-refractivity contribution in [1.82, 2.24) is 9.55 Å². The van der Waals surface area contributed by atoms with Crippen LogP contribution in [0.25, 0.3) is 49.9 Å². The van der Waals surface area contributed by atoms with E-state index in [4.69, 9.17) is 9.72 Å². The molecule has 1 unspecified atom stereocenters. The summed E-state index contributed by atoms with van der Waals surface area (Å²) in [6, 6.07) is 40.1. The van der Waals surface area contributed by atoms with Crippen molar-refractivity contribution >= 4 is 21.9 Å². The summed E-state index contributed by atoms with van der Waals surface area (Å²) in [5, 5.41) is 13.4. The molecule has 0 fully saturated rings. The Kier molecular flexibility index (Phi) is 4.92. The molecule has 7 aromatic rings. The molecule has 4 heteroatoms. The van der Waals surface area contributed by atoms with Gasteiger partial charge in [-0.15, -0.1) is 0 Å². The van der Waals surface area contributed by atoms with Crippen LogP contribution in [-0.2, 0) is 5.41 Å². The second-order valence-corrected chi connectivity index (χ2v) is 12.1. The van der Waals surface area contributed by atoms with Crippen LogP contribution in [0.1, 0.15) is 42.2 Å². The summed E-state index contributed by atoms with van der Waals surface area (Å²) in [5.74, 6) is 1.38. The quantitative estimate of drug-likeness (QED) is 0.231. The van der Waals surface area contributed by atoms with Crippen LogP contribution >= 0.6 is 0 Å². The number of aliphatic hydroxyl groups excluding tert-OH is 1. The highest BCUT2D eigenvalue weighted by molar-refractivity contribution is 6.10. The van der Waals surface area contributed by atoms with E-state index >= 15 is 0 Å². The second kappa shape index (κ2) is 8.66. The average Bonchev–Trinajstić information content (AvgIpc) is 3.48. The highest BCUT2D eigenvalue weighted by Crippen LogP contribution is 2.51. The van der Waals surface area contributed by atoms with E-state index < -0.39 is 6.10 Å². The normalized spacial score (nSPS) is 15.9. The molecule has 0 saturated carbocycles. The lowest BCUT2D eigenvalue weighted by Crippen LogP contribution is -2.15. The first-order chi connectivity index (χ1) is 21.0. The van der Waals surface area contributed by atoms with Gasteiger partial charge in [-0.25, -0.2) is 4.98 Å². The maximum atomic E-state index is 11.0. The van der Waals surface area contributed by atoms with Crippen molar-refractivity contribution in [3.63, 3.8) is 0 Å². The second-order valence-electron chi connectivity index (χ2n) is 12.1. The molecule has 4 nitrogen and oxygen atoms in total. The number of fused-ring (bicyclic) bond motifs is 8. The molecule has 0 saturated heterocycles. The van der Waals surface area contributed by atoms with Crippen LogP contribution in [0, 0.1) is 0 Å². The third kappa shape index (κ3) is 3.38. The highest BCUT2D eigenvalue weighted by Gasteiger charge is 2.36. The lowest BCUT2D eigenvalue weighted by Gasteiger charge is -2.25. The third-order valence-electron chi connectivity index (χ3n) is 9.41. The fourth-order valence-corrected chi connectivity index (χ4v) is 7.24. The van der Waals surface area contributed by atoms with Crippen LogP contribution in [-0.4, -0.2) is 14.7 Å². The minimum absolute atomic E-state index is 0.0943. The minimum atomic E-state index is -0.707. The van der Waals surface area contributed by atoms with Gasteiger partial charge >= 0.3 is 0 Å².